The quantitative estimate of drug-likeness (QED) is 0.0795. The van der Waals surface area contributed by atoms with Crippen LogP contribution in [0, 0.1) is 0 Å². The first-order valence-corrected chi connectivity index (χ1v) is 32.2. The predicted molar refractivity (Wildman–Crippen MR) is 401 cm³/mol. The Labute approximate surface area is 547 Å². The fourth-order valence-corrected chi connectivity index (χ4v) is 14.3. The fraction of sp³-hybridized carbons (Fsp3) is 0. The van der Waals surface area contributed by atoms with Crippen molar-refractivity contribution in [1.29, 1.82) is 0 Å². The van der Waals surface area contributed by atoms with Gasteiger partial charge in [-0.1, -0.05) is 243 Å². The summed E-state index contributed by atoms with van der Waals surface area (Å²) in [5.74, 6) is 0. The molecular weight excluding hydrogens is 1140 g/mol. The minimum atomic E-state index is 1.05. The first kappa shape index (κ1) is 55.6. The molecule has 0 fully saturated rings. The Morgan fingerprint density at radius 3 is 0.702 bits per heavy atom. The molecule has 94 heavy (non-hydrogen) atoms. The fourth-order valence-electron chi connectivity index (χ4n) is 14.3. The van der Waals surface area contributed by atoms with Gasteiger partial charge in [-0.05, 0) is 210 Å². The van der Waals surface area contributed by atoms with Crippen LogP contribution in [0.1, 0.15) is 0 Å². The van der Waals surface area contributed by atoms with E-state index in [1.807, 2.05) is 0 Å². The zero-order valence-corrected chi connectivity index (χ0v) is 51.6. The van der Waals surface area contributed by atoms with Crippen LogP contribution in [-0.2, 0) is 0 Å². The number of fused-ring (bicyclic) bond motifs is 8. The summed E-state index contributed by atoms with van der Waals surface area (Å²) in [6.45, 7) is 0. The normalized spacial score (nSPS) is 11.4. The number of rotatable bonds is 14. The highest BCUT2D eigenvalue weighted by Gasteiger charge is 2.26. The lowest BCUT2D eigenvalue weighted by molar-refractivity contribution is 1.28. The second kappa shape index (κ2) is 24.0. The van der Waals surface area contributed by atoms with Crippen molar-refractivity contribution in [2.24, 2.45) is 0 Å². The van der Waals surface area contributed by atoms with E-state index >= 15 is 0 Å². The Kier molecular flexibility index (Phi) is 14.2. The summed E-state index contributed by atoms with van der Waals surface area (Å²) in [5.41, 5.74) is 17.4. The van der Waals surface area contributed by atoms with Gasteiger partial charge in [0.15, 0.2) is 0 Å². The molecule has 0 heterocycles. The van der Waals surface area contributed by atoms with Crippen molar-refractivity contribution in [2.45, 2.75) is 0 Å². The molecule has 442 valence electrons. The van der Waals surface area contributed by atoms with Crippen LogP contribution < -0.4 is 19.6 Å². The molecule has 0 spiro atoms. The lowest BCUT2D eigenvalue weighted by atomic mass is 9.85. The van der Waals surface area contributed by atoms with E-state index in [0.29, 0.717) is 0 Å². The number of para-hydroxylation sites is 6. The Balaban J connectivity index is 0.964. The molecule has 0 aliphatic carbocycles. The molecule has 17 rings (SSSR count). The molecule has 0 unspecified atom stereocenters. The topological polar surface area (TPSA) is 13.0 Å². The van der Waals surface area contributed by atoms with Crippen molar-refractivity contribution < 1.29 is 0 Å². The van der Waals surface area contributed by atoms with Crippen LogP contribution in [-0.4, -0.2) is 0 Å². The minimum Gasteiger partial charge on any atom is -0.311 e. The van der Waals surface area contributed by atoms with Gasteiger partial charge >= 0.3 is 0 Å². The van der Waals surface area contributed by atoms with Gasteiger partial charge in [-0.3, -0.25) is 0 Å². The molecule has 0 aliphatic rings. The lowest BCUT2D eigenvalue weighted by Gasteiger charge is -2.30. The second-order valence-electron chi connectivity index (χ2n) is 24.0. The molecular formula is C90H62N4. The van der Waals surface area contributed by atoms with Gasteiger partial charge in [-0.15, -0.1) is 0 Å². The molecule has 17 aromatic rings. The molecule has 0 saturated carbocycles. The largest absolute Gasteiger partial charge is 0.311 e. The molecule has 4 nitrogen and oxygen atoms in total. The molecule has 0 aliphatic heterocycles. The van der Waals surface area contributed by atoms with Crippen LogP contribution >= 0.6 is 0 Å². The van der Waals surface area contributed by atoms with Gasteiger partial charge in [-0.25, -0.2) is 0 Å². The van der Waals surface area contributed by atoms with Crippen molar-refractivity contribution in [2.75, 3.05) is 19.6 Å². The van der Waals surface area contributed by atoms with Crippen molar-refractivity contribution in [3.8, 4) is 22.3 Å². The SMILES string of the molecule is c1ccc(N(c2ccccc2)c2ccc(-c3c4ccc(N(c5ccccc5)c5cc6ccccc6c6ccccc56)cc4c(-c4ccc(N(c5ccccc5)c5ccccc5)cc4)c4ccc(N(c5ccccc5)c5cc6ccccc6c6ccccc56)cc34)cc2)cc1. The molecule has 0 bridgehead atoms. The van der Waals surface area contributed by atoms with Gasteiger partial charge < -0.3 is 19.6 Å². The van der Waals surface area contributed by atoms with Crippen LogP contribution in [0.15, 0.2) is 376 Å². The number of anilines is 12. The molecule has 0 radical (unpaired) electrons. The third-order valence-corrected chi connectivity index (χ3v) is 18.5. The molecule has 17 aromatic carbocycles. The predicted octanol–water partition coefficient (Wildman–Crippen LogP) is 25.8. The highest BCUT2D eigenvalue weighted by atomic mass is 15.2. The van der Waals surface area contributed by atoms with Gasteiger partial charge in [0.2, 0.25) is 0 Å². The molecule has 0 aromatic heterocycles. The molecule has 4 heteroatoms. The monoisotopic (exact) mass is 1200 g/mol. The average Bonchev–Trinajstić information content (AvgIpc) is 0.726. The Hall–Kier alpha value is -12.5. The van der Waals surface area contributed by atoms with Crippen LogP contribution in [0.5, 0.6) is 0 Å². The first-order chi connectivity index (χ1) is 46.7. The molecule has 0 atom stereocenters. The summed E-state index contributed by atoms with van der Waals surface area (Å²) in [6.07, 6.45) is 0. The smallest absolute Gasteiger partial charge is 0.0546 e. The number of nitrogens with zero attached hydrogens (tertiary/aromatic N) is 4. The van der Waals surface area contributed by atoms with E-state index < -0.39 is 0 Å². The van der Waals surface area contributed by atoms with E-state index in [1.54, 1.807) is 0 Å². The van der Waals surface area contributed by atoms with E-state index in [4.69, 9.17) is 0 Å². The molecule has 0 amide bonds. The molecule has 0 N–H and O–H groups in total. The van der Waals surface area contributed by atoms with E-state index in [-0.39, 0.29) is 0 Å². The van der Waals surface area contributed by atoms with E-state index in [1.165, 1.54) is 43.1 Å². The van der Waals surface area contributed by atoms with Gasteiger partial charge in [0.1, 0.15) is 0 Å². The van der Waals surface area contributed by atoms with Crippen molar-refractivity contribution >= 4 is 133 Å². The van der Waals surface area contributed by atoms with Crippen LogP contribution in [0.25, 0.3) is 86.9 Å². The summed E-state index contributed by atoms with van der Waals surface area (Å²) in [4.78, 5) is 9.61. The zero-order valence-electron chi connectivity index (χ0n) is 51.6. The summed E-state index contributed by atoms with van der Waals surface area (Å²) in [6, 6.07) is 137. The number of hydrogen-bond acceptors (Lipinski definition) is 4. The van der Waals surface area contributed by atoms with Gasteiger partial charge in [-0.2, -0.15) is 0 Å². The van der Waals surface area contributed by atoms with Gasteiger partial charge in [0.25, 0.3) is 0 Å². The van der Waals surface area contributed by atoms with Crippen molar-refractivity contribution in [3.63, 3.8) is 0 Å². The number of hydrogen-bond donors (Lipinski definition) is 0. The summed E-state index contributed by atoms with van der Waals surface area (Å²) in [5, 5.41) is 14.2. The van der Waals surface area contributed by atoms with Crippen LogP contribution in [0.3, 0.4) is 0 Å². The average molecular weight is 1200 g/mol. The van der Waals surface area contributed by atoms with Gasteiger partial charge in [0, 0.05) is 67.6 Å². The van der Waals surface area contributed by atoms with Crippen molar-refractivity contribution in [3.05, 3.63) is 376 Å². The Morgan fingerprint density at radius 1 is 0.138 bits per heavy atom. The minimum absolute atomic E-state index is 1.05. The zero-order chi connectivity index (χ0) is 62.3. The van der Waals surface area contributed by atoms with Crippen LogP contribution in [0.4, 0.5) is 68.2 Å². The maximum atomic E-state index is 2.47. The lowest BCUT2D eigenvalue weighted by Crippen LogP contribution is -2.11. The molecule has 0 saturated heterocycles. The highest BCUT2D eigenvalue weighted by Crippen LogP contribution is 2.52. The van der Waals surface area contributed by atoms with Gasteiger partial charge in [0.05, 0.1) is 11.4 Å². The standard InChI is InChI=1S/C90H62N4/c1-7-29-67(30-8-1)91(68-31-9-2-10-32-68)73-51-47-63(48-52-73)89-83-57-55-76(94(72-39-17-6-18-40-72)88-60-66-28-20-22-42-78(66)80-44-24-26-46-82(80)88)62-86(83)90(64-49-53-74(54-50-64)92(69-33-11-3-12-34-69)70-35-13-4-14-36-70)84-58-56-75(61-85(84)89)93(71-37-15-5-16-38-71)87-59-65-27-19-21-41-77(65)79-43-23-25-45-81(79)87/h1-62H. The highest BCUT2D eigenvalue weighted by molar-refractivity contribution is 6.24. The third kappa shape index (κ3) is 9.99. The first-order valence-electron chi connectivity index (χ1n) is 32.2. The van der Waals surface area contributed by atoms with Crippen molar-refractivity contribution in [1.82, 2.24) is 0 Å². The summed E-state index contributed by atoms with van der Waals surface area (Å²) in [7, 11) is 0. The Morgan fingerprint density at radius 2 is 0.383 bits per heavy atom. The van der Waals surface area contributed by atoms with E-state index in [9.17, 15) is 0 Å². The Bertz CT molecular complexity index is 5160. The van der Waals surface area contributed by atoms with E-state index in [2.05, 4.69) is 396 Å². The summed E-state index contributed by atoms with van der Waals surface area (Å²) >= 11 is 0. The maximum absolute atomic E-state index is 2.47. The third-order valence-electron chi connectivity index (χ3n) is 18.5. The summed E-state index contributed by atoms with van der Waals surface area (Å²) < 4.78 is 0. The number of benzene rings is 17. The maximum Gasteiger partial charge on any atom is 0.0546 e. The van der Waals surface area contributed by atoms with Crippen LogP contribution in [0.2, 0.25) is 0 Å². The van der Waals surface area contributed by atoms with E-state index in [0.717, 1.165) is 112 Å². The second-order valence-corrected chi connectivity index (χ2v) is 24.0.